The Hall–Kier alpha value is -4.24. The van der Waals surface area contributed by atoms with Crippen LogP contribution >= 0.6 is 11.6 Å². The van der Waals surface area contributed by atoms with Crippen molar-refractivity contribution < 1.29 is 32.5 Å². The van der Waals surface area contributed by atoms with Gasteiger partial charge in [0.1, 0.15) is 23.9 Å². The number of rotatable bonds is 7. The first kappa shape index (κ1) is 25.8. The zero-order chi connectivity index (χ0) is 26.6. The molecule has 0 radical (unpaired) electrons. The Balaban J connectivity index is 1.47. The van der Waals surface area contributed by atoms with Crippen molar-refractivity contribution >= 4 is 34.5 Å². The average molecular weight is 529 g/mol. The van der Waals surface area contributed by atoms with Crippen LogP contribution in [0.5, 0.6) is 17.2 Å². The average Bonchev–Trinajstić information content (AvgIpc) is 2.85. The van der Waals surface area contributed by atoms with Crippen molar-refractivity contribution in [3.05, 3.63) is 100 Å². The molecule has 0 aliphatic carbocycles. The minimum Gasteiger partial charge on any atom is -0.506 e. The zero-order valence-electron chi connectivity index (χ0n) is 19.3. The number of hydrogen-bond acceptors (Lipinski definition) is 5. The number of halogens is 4. The van der Waals surface area contributed by atoms with Crippen LogP contribution in [0.4, 0.5) is 13.2 Å². The highest BCUT2D eigenvalue weighted by atomic mass is 35.5. The number of fused-ring (bicyclic) bond motifs is 1. The first-order chi connectivity index (χ1) is 17.6. The molecule has 0 spiro atoms. The molecule has 0 aliphatic rings. The number of carbonyl (C=O) groups excluding carboxylic acids is 1. The van der Waals surface area contributed by atoms with Crippen molar-refractivity contribution in [2.75, 3.05) is 0 Å². The first-order valence-corrected chi connectivity index (χ1v) is 11.3. The molecule has 4 aromatic carbocycles. The molecule has 0 unspecified atom stereocenters. The molecule has 2 N–H and O–H groups in total. The van der Waals surface area contributed by atoms with E-state index in [4.69, 9.17) is 16.3 Å². The lowest BCUT2D eigenvalue weighted by molar-refractivity contribution is -0.274. The lowest BCUT2D eigenvalue weighted by atomic mass is 10.0. The van der Waals surface area contributed by atoms with Gasteiger partial charge in [-0.3, -0.25) is 4.79 Å². The minimum absolute atomic E-state index is 0.0619. The van der Waals surface area contributed by atoms with Crippen molar-refractivity contribution in [2.24, 2.45) is 5.10 Å². The predicted molar refractivity (Wildman–Crippen MR) is 134 cm³/mol. The summed E-state index contributed by atoms with van der Waals surface area (Å²) in [6.07, 6.45) is -3.25. The van der Waals surface area contributed by atoms with Crippen molar-refractivity contribution in [3.63, 3.8) is 0 Å². The highest BCUT2D eigenvalue weighted by Crippen LogP contribution is 2.30. The molecule has 10 heteroatoms. The number of aromatic hydroxyl groups is 1. The van der Waals surface area contributed by atoms with Crippen LogP contribution in [-0.2, 0) is 6.61 Å². The molecule has 6 nitrogen and oxygen atoms in total. The minimum atomic E-state index is -4.75. The van der Waals surface area contributed by atoms with Gasteiger partial charge in [-0.05, 0) is 59.8 Å². The van der Waals surface area contributed by atoms with Crippen LogP contribution in [0.15, 0.2) is 77.9 Å². The number of ether oxygens (including phenoxy) is 2. The zero-order valence-corrected chi connectivity index (χ0v) is 20.1. The largest absolute Gasteiger partial charge is 0.573 e. The van der Waals surface area contributed by atoms with Gasteiger partial charge < -0.3 is 14.6 Å². The summed E-state index contributed by atoms with van der Waals surface area (Å²) >= 11 is 5.91. The Bertz CT molecular complexity index is 1470. The molecule has 0 bridgehead atoms. The molecule has 37 heavy (non-hydrogen) atoms. The fraction of sp³-hybridized carbons (Fsp3) is 0.111. The van der Waals surface area contributed by atoms with Gasteiger partial charge in [-0.25, -0.2) is 5.43 Å². The lowest BCUT2D eigenvalue weighted by Crippen LogP contribution is -2.18. The van der Waals surface area contributed by atoms with Crippen LogP contribution in [0.25, 0.3) is 10.8 Å². The van der Waals surface area contributed by atoms with Crippen LogP contribution in [0, 0.1) is 6.92 Å². The highest BCUT2D eigenvalue weighted by Gasteiger charge is 2.30. The predicted octanol–water partition coefficient (Wildman–Crippen LogP) is 6.75. The van der Waals surface area contributed by atoms with E-state index in [0.29, 0.717) is 16.9 Å². The number of aryl methyl sites for hydroxylation is 1. The number of phenolic OH excluding ortho intramolecular Hbond substituents is 1. The van der Waals surface area contributed by atoms with Gasteiger partial charge in [-0.1, -0.05) is 48.0 Å². The standard InChI is InChI=1S/C27H20ClF3N2O4/c1-16-12-24(34)23(28)13-22(16)26(35)33-32-14-18-8-11-25(21-5-3-2-4-20(18)21)36-15-17-6-9-19(10-7-17)37-27(29,30)31/h2-14,34H,15H2,1H3,(H,33,35)/b32-14+. The van der Waals surface area contributed by atoms with Crippen molar-refractivity contribution in [3.8, 4) is 17.2 Å². The number of phenols is 1. The van der Waals surface area contributed by atoms with E-state index in [-0.39, 0.29) is 28.7 Å². The monoisotopic (exact) mass is 528 g/mol. The topological polar surface area (TPSA) is 80.2 Å². The molecule has 190 valence electrons. The van der Waals surface area contributed by atoms with Gasteiger partial charge >= 0.3 is 6.36 Å². The maximum atomic E-state index is 12.5. The van der Waals surface area contributed by atoms with E-state index in [1.54, 1.807) is 19.1 Å². The fourth-order valence-corrected chi connectivity index (χ4v) is 3.78. The van der Waals surface area contributed by atoms with Crippen LogP contribution in [0.1, 0.15) is 27.0 Å². The third-order valence-electron chi connectivity index (χ3n) is 5.38. The number of amides is 1. The summed E-state index contributed by atoms with van der Waals surface area (Å²) in [6, 6.07) is 19.2. The van der Waals surface area contributed by atoms with Gasteiger partial charge in [0.05, 0.1) is 11.2 Å². The molecule has 4 aromatic rings. The summed E-state index contributed by atoms with van der Waals surface area (Å²) in [7, 11) is 0. The van der Waals surface area contributed by atoms with Gasteiger partial charge in [0.25, 0.3) is 5.91 Å². The first-order valence-electron chi connectivity index (χ1n) is 10.9. The van der Waals surface area contributed by atoms with E-state index >= 15 is 0 Å². The summed E-state index contributed by atoms with van der Waals surface area (Å²) in [5.41, 5.74) is 4.67. The molecule has 0 saturated carbocycles. The Morgan fingerprint density at radius 1 is 1.05 bits per heavy atom. The number of alkyl halides is 3. The van der Waals surface area contributed by atoms with Gasteiger partial charge in [0.15, 0.2) is 0 Å². The molecule has 1 amide bonds. The number of nitrogens with one attached hydrogen (secondary N) is 1. The Morgan fingerprint density at radius 3 is 2.46 bits per heavy atom. The molecule has 4 rings (SSSR count). The molecule has 0 saturated heterocycles. The van der Waals surface area contributed by atoms with Gasteiger partial charge in [-0.15, -0.1) is 13.2 Å². The second kappa shape index (κ2) is 10.8. The van der Waals surface area contributed by atoms with Crippen LogP contribution in [0.2, 0.25) is 5.02 Å². The molecule has 0 atom stereocenters. The quantitative estimate of drug-likeness (QED) is 0.205. The van der Waals surface area contributed by atoms with Crippen molar-refractivity contribution in [1.29, 1.82) is 0 Å². The second-order valence-electron chi connectivity index (χ2n) is 8.00. The van der Waals surface area contributed by atoms with Crippen LogP contribution in [0.3, 0.4) is 0 Å². The van der Waals surface area contributed by atoms with E-state index in [2.05, 4.69) is 15.3 Å². The Kier molecular flexibility index (Phi) is 7.54. The Labute approximate surface area is 214 Å². The molecule has 0 fully saturated rings. The number of benzene rings is 4. The summed E-state index contributed by atoms with van der Waals surface area (Å²) in [4.78, 5) is 12.5. The van der Waals surface area contributed by atoms with Gasteiger partial charge in [0, 0.05) is 16.5 Å². The SMILES string of the molecule is Cc1cc(O)c(Cl)cc1C(=O)N/N=C/c1ccc(OCc2ccc(OC(F)(F)F)cc2)c2ccccc12. The molecule has 0 heterocycles. The molecular formula is C27H20ClF3N2O4. The van der Waals surface area contributed by atoms with Gasteiger partial charge in [0.2, 0.25) is 0 Å². The maximum Gasteiger partial charge on any atom is 0.573 e. The van der Waals surface area contributed by atoms with Crippen LogP contribution < -0.4 is 14.9 Å². The molecule has 0 aliphatic heterocycles. The normalized spacial score (nSPS) is 11.6. The van der Waals surface area contributed by atoms with Gasteiger partial charge in [-0.2, -0.15) is 5.10 Å². The third-order valence-corrected chi connectivity index (χ3v) is 5.68. The van der Waals surface area contributed by atoms with Crippen molar-refractivity contribution in [2.45, 2.75) is 19.9 Å². The number of carbonyl (C=O) groups is 1. The van der Waals surface area contributed by atoms with E-state index < -0.39 is 12.3 Å². The number of hydrazone groups is 1. The highest BCUT2D eigenvalue weighted by molar-refractivity contribution is 6.32. The second-order valence-corrected chi connectivity index (χ2v) is 8.40. The third kappa shape index (κ3) is 6.50. The maximum absolute atomic E-state index is 12.5. The van der Waals surface area contributed by atoms with E-state index in [1.807, 2.05) is 24.3 Å². The summed E-state index contributed by atoms with van der Waals surface area (Å²) < 4.78 is 46.8. The number of nitrogens with zero attached hydrogens (tertiary/aromatic N) is 1. The van der Waals surface area contributed by atoms with Crippen LogP contribution in [-0.4, -0.2) is 23.6 Å². The summed E-state index contributed by atoms with van der Waals surface area (Å²) in [5.74, 6) is -0.324. The summed E-state index contributed by atoms with van der Waals surface area (Å²) in [5, 5.41) is 15.4. The molecular weight excluding hydrogens is 509 g/mol. The van der Waals surface area contributed by atoms with E-state index in [0.717, 1.165) is 16.3 Å². The van der Waals surface area contributed by atoms with E-state index in [9.17, 15) is 23.1 Å². The fourth-order valence-electron chi connectivity index (χ4n) is 3.61. The number of hydrogen-bond donors (Lipinski definition) is 2. The lowest BCUT2D eigenvalue weighted by Gasteiger charge is -2.12. The van der Waals surface area contributed by atoms with Crippen molar-refractivity contribution in [1.82, 2.24) is 5.43 Å². The molecule has 0 aromatic heterocycles. The Morgan fingerprint density at radius 2 is 1.76 bits per heavy atom. The van der Waals surface area contributed by atoms with E-state index in [1.165, 1.54) is 42.6 Å². The summed E-state index contributed by atoms with van der Waals surface area (Å²) in [6.45, 7) is 1.81. The smallest absolute Gasteiger partial charge is 0.506 e.